The summed E-state index contributed by atoms with van der Waals surface area (Å²) in [7, 11) is 3.67. The van der Waals surface area contributed by atoms with Gasteiger partial charge in [0.2, 0.25) is 0 Å². The number of nitrogens with zero attached hydrogens (tertiary/aromatic N) is 4. The van der Waals surface area contributed by atoms with Gasteiger partial charge in [-0.25, -0.2) is 4.99 Å². The first-order valence-corrected chi connectivity index (χ1v) is 7.55. The number of ether oxygens (including phenoxy) is 1. The van der Waals surface area contributed by atoms with Crippen molar-refractivity contribution < 1.29 is 4.74 Å². The van der Waals surface area contributed by atoms with Crippen LogP contribution in [-0.2, 0) is 18.3 Å². The monoisotopic (exact) mass is 296 g/mol. The third-order valence-corrected chi connectivity index (χ3v) is 3.20. The highest BCUT2D eigenvalue weighted by Gasteiger charge is 2.04. The predicted molar refractivity (Wildman–Crippen MR) is 84.3 cm³/mol. The molecular weight excluding hydrogens is 268 g/mol. The van der Waals surface area contributed by atoms with Crippen LogP contribution < -0.4 is 10.6 Å². The van der Waals surface area contributed by atoms with Gasteiger partial charge in [-0.1, -0.05) is 13.3 Å². The highest BCUT2D eigenvalue weighted by Crippen LogP contribution is 1.99. The molecule has 0 aliphatic rings. The van der Waals surface area contributed by atoms with Crippen LogP contribution in [0.2, 0.25) is 0 Å². The Hall–Kier alpha value is -1.63. The molecule has 0 aliphatic carbocycles. The van der Waals surface area contributed by atoms with E-state index in [-0.39, 0.29) is 0 Å². The highest BCUT2D eigenvalue weighted by molar-refractivity contribution is 5.79. The Morgan fingerprint density at radius 1 is 1.24 bits per heavy atom. The van der Waals surface area contributed by atoms with E-state index in [1.165, 1.54) is 0 Å². The number of aromatic nitrogens is 3. The Bertz CT molecular complexity index is 429. The van der Waals surface area contributed by atoms with E-state index in [2.05, 4.69) is 32.7 Å². The van der Waals surface area contributed by atoms with Crippen LogP contribution in [0.25, 0.3) is 0 Å². The SMILES string of the molecule is CCCCNC(=NCc1nnc(C)n1C)NCCCOC. The van der Waals surface area contributed by atoms with E-state index in [0.29, 0.717) is 6.54 Å². The van der Waals surface area contributed by atoms with E-state index >= 15 is 0 Å². The molecule has 0 aliphatic heterocycles. The number of unbranched alkanes of at least 4 members (excludes halogenated alkanes) is 1. The molecule has 7 nitrogen and oxygen atoms in total. The van der Waals surface area contributed by atoms with Gasteiger partial charge in [0.25, 0.3) is 0 Å². The molecule has 1 aromatic heterocycles. The van der Waals surface area contributed by atoms with Crippen molar-refractivity contribution in [2.24, 2.45) is 12.0 Å². The molecule has 0 atom stereocenters. The third kappa shape index (κ3) is 6.57. The number of hydrogen-bond acceptors (Lipinski definition) is 4. The summed E-state index contributed by atoms with van der Waals surface area (Å²) >= 11 is 0. The largest absolute Gasteiger partial charge is 0.385 e. The molecule has 1 aromatic rings. The maximum Gasteiger partial charge on any atom is 0.191 e. The van der Waals surface area contributed by atoms with Gasteiger partial charge in [0.1, 0.15) is 12.4 Å². The van der Waals surface area contributed by atoms with Crippen molar-refractivity contribution in [1.82, 2.24) is 25.4 Å². The topological polar surface area (TPSA) is 76.4 Å². The summed E-state index contributed by atoms with van der Waals surface area (Å²) in [5.74, 6) is 2.58. The minimum atomic E-state index is 0.517. The molecule has 0 aromatic carbocycles. The summed E-state index contributed by atoms with van der Waals surface area (Å²) in [5.41, 5.74) is 0. The Morgan fingerprint density at radius 3 is 2.52 bits per heavy atom. The average Bonchev–Trinajstić information content (AvgIpc) is 2.80. The van der Waals surface area contributed by atoms with E-state index < -0.39 is 0 Å². The quantitative estimate of drug-likeness (QED) is 0.404. The third-order valence-electron chi connectivity index (χ3n) is 3.20. The molecule has 0 saturated heterocycles. The fourth-order valence-electron chi connectivity index (χ4n) is 1.72. The lowest BCUT2D eigenvalue weighted by Gasteiger charge is -2.12. The van der Waals surface area contributed by atoms with Crippen LogP contribution in [0.4, 0.5) is 0 Å². The zero-order valence-electron chi connectivity index (χ0n) is 13.6. The van der Waals surface area contributed by atoms with Crippen molar-refractivity contribution in [1.29, 1.82) is 0 Å². The Morgan fingerprint density at radius 2 is 1.95 bits per heavy atom. The highest BCUT2D eigenvalue weighted by atomic mass is 16.5. The van der Waals surface area contributed by atoms with Crippen LogP contribution in [0.1, 0.15) is 37.8 Å². The number of aryl methyl sites for hydroxylation is 1. The summed E-state index contributed by atoms with van der Waals surface area (Å²) in [5, 5.41) is 14.8. The minimum absolute atomic E-state index is 0.517. The van der Waals surface area contributed by atoms with Gasteiger partial charge in [-0.15, -0.1) is 10.2 Å². The van der Waals surface area contributed by atoms with E-state index in [1.54, 1.807) is 7.11 Å². The Labute approximate surface area is 127 Å². The lowest BCUT2D eigenvalue weighted by molar-refractivity contribution is 0.195. The molecule has 0 fully saturated rings. The minimum Gasteiger partial charge on any atom is -0.385 e. The van der Waals surface area contributed by atoms with E-state index in [0.717, 1.165) is 56.6 Å². The molecule has 0 radical (unpaired) electrons. The summed E-state index contributed by atoms with van der Waals surface area (Å²) in [6.07, 6.45) is 3.24. The van der Waals surface area contributed by atoms with Crippen molar-refractivity contribution in [3.8, 4) is 0 Å². The van der Waals surface area contributed by atoms with Gasteiger partial charge in [-0.2, -0.15) is 0 Å². The second-order valence-corrected chi connectivity index (χ2v) is 4.94. The molecule has 0 amide bonds. The lowest BCUT2D eigenvalue weighted by atomic mass is 10.3. The normalized spacial score (nSPS) is 11.7. The van der Waals surface area contributed by atoms with Crippen molar-refractivity contribution >= 4 is 5.96 Å². The van der Waals surface area contributed by atoms with Gasteiger partial charge in [-0.05, 0) is 19.8 Å². The molecule has 0 spiro atoms. The van der Waals surface area contributed by atoms with Crippen LogP contribution >= 0.6 is 0 Å². The van der Waals surface area contributed by atoms with E-state index in [9.17, 15) is 0 Å². The second kappa shape index (κ2) is 10.1. The van der Waals surface area contributed by atoms with Crippen molar-refractivity contribution in [3.63, 3.8) is 0 Å². The van der Waals surface area contributed by atoms with Crippen molar-refractivity contribution in [2.75, 3.05) is 26.8 Å². The molecule has 0 unspecified atom stereocenters. The number of methoxy groups -OCH3 is 1. The summed E-state index contributed by atoms with van der Waals surface area (Å²) < 4.78 is 7.00. The van der Waals surface area contributed by atoms with E-state index in [1.807, 2.05) is 18.5 Å². The Balaban J connectivity index is 2.52. The lowest BCUT2D eigenvalue weighted by Crippen LogP contribution is -2.38. The molecule has 1 heterocycles. The molecule has 2 N–H and O–H groups in total. The fourth-order valence-corrected chi connectivity index (χ4v) is 1.72. The standard InChI is InChI=1S/C14H28N6O/c1-5-6-8-15-14(16-9-7-10-21-4)17-11-13-19-18-12(2)20(13)3/h5-11H2,1-4H3,(H2,15,16,17). The maximum atomic E-state index is 5.05. The molecule has 1 rings (SSSR count). The summed E-state index contributed by atoms with van der Waals surface area (Å²) in [6.45, 7) is 7.13. The molecule has 0 bridgehead atoms. The number of aliphatic imine (C=N–C) groups is 1. The van der Waals surface area contributed by atoms with Crippen LogP contribution in [0.5, 0.6) is 0 Å². The fraction of sp³-hybridized carbons (Fsp3) is 0.786. The zero-order valence-corrected chi connectivity index (χ0v) is 13.6. The first kappa shape index (κ1) is 17.4. The first-order valence-electron chi connectivity index (χ1n) is 7.55. The van der Waals surface area contributed by atoms with Crippen molar-refractivity contribution in [2.45, 2.75) is 39.7 Å². The molecule has 21 heavy (non-hydrogen) atoms. The maximum absolute atomic E-state index is 5.05. The number of nitrogens with one attached hydrogen (secondary N) is 2. The first-order chi connectivity index (χ1) is 10.2. The van der Waals surface area contributed by atoms with Crippen LogP contribution in [0.15, 0.2) is 4.99 Å². The van der Waals surface area contributed by atoms with Crippen molar-refractivity contribution in [3.05, 3.63) is 11.6 Å². The Kier molecular flexibility index (Phi) is 8.42. The second-order valence-electron chi connectivity index (χ2n) is 4.94. The molecular formula is C14H28N6O. The van der Waals surface area contributed by atoms with Gasteiger partial charge >= 0.3 is 0 Å². The number of hydrogen-bond donors (Lipinski definition) is 2. The molecule has 120 valence electrons. The van der Waals surface area contributed by atoms with Crippen LogP contribution in [-0.4, -0.2) is 47.5 Å². The number of rotatable bonds is 9. The molecule has 7 heteroatoms. The van der Waals surface area contributed by atoms with Gasteiger partial charge < -0.3 is 19.9 Å². The van der Waals surface area contributed by atoms with Gasteiger partial charge in [-0.3, -0.25) is 0 Å². The smallest absolute Gasteiger partial charge is 0.191 e. The number of guanidine groups is 1. The van der Waals surface area contributed by atoms with Gasteiger partial charge in [0.05, 0.1) is 0 Å². The summed E-state index contributed by atoms with van der Waals surface area (Å²) in [4.78, 5) is 4.57. The van der Waals surface area contributed by atoms with E-state index in [4.69, 9.17) is 4.74 Å². The van der Waals surface area contributed by atoms with Crippen LogP contribution in [0, 0.1) is 6.92 Å². The van der Waals surface area contributed by atoms with Gasteiger partial charge in [0.15, 0.2) is 11.8 Å². The average molecular weight is 296 g/mol. The van der Waals surface area contributed by atoms with Gasteiger partial charge in [0, 0.05) is 33.9 Å². The van der Waals surface area contributed by atoms with Crippen LogP contribution in [0.3, 0.4) is 0 Å². The molecule has 0 saturated carbocycles. The summed E-state index contributed by atoms with van der Waals surface area (Å²) in [6, 6.07) is 0. The zero-order chi connectivity index (χ0) is 15.5. The predicted octanol–water partition coefficient (Wildman–Crippen LogP) is 0.995.